The molecule has 0 bridgehead atoms. The topological polar surface area (TPSA) is 18.5 Å². The van der Waals surface area contributed by atoms with Crippen LogP contribution in [0.4, 0.5) is 0 Å². The van der Waals surface area contributed by atoms with E-state index in [0.29, 0.717) is 0 Å². The molecule has 0 radical (unpaired) electrons. The van der Waals surface area contributed by atoms with Crippen molar-refractivity contribution in [1.29, 1.82) is 0 Å². The molecule has 2 heteroatoms. The van der Waals surface area contributed by atoms with Crippen molar-refractivity contribution >= 4 is 0 Å². The van der Waals surface area contributed by atoms with Crippen molar-refractivity contribution in [1.82, 2.24) is 0 Å². The molecule has 0 N–H and O–H groups in total. The molecule has 0 atom stereocenters. The molecule has 0 aliphatic rings. The van der Waals surface area contributed by atoms with Crippen LogP contribution in [0.3, 0.4) is 0 Å². The molecule has 0 saturated carbocycles. The van der Waals surface area contributed by atoms with Crippen LogP contribution in [0, 0.1) is 0 Å². The lowest BCUT2D eigenvalue weighted by Crippen LogP contribution is -1.95. The van der Waals surface area contributed by atoms with E-state index in [1.807, 2.05) is 0 Å². The summed E-state index contributed by atoms with van der Waals surface area (Å²) in [6.45, 7) is 5.40. The molecule has 0 aliphatic heterocycles. The smallest absolute Gasteiger partial charge is 0.0499 e. The van der Waals surface area contributed by atoms with Crippen LogP contribution in [0.1, 0.15) is 12.8 Å². The molecule has 0 unspecified atom stereocenters. The van der Waals surface area contributed by atoms with Gasteiger partial charge in [0, 0.05) is 27.4 Å². The lowest BCUT2D eigenvalue weighted by molar-refractivity contribution is 0.189. The molecule has 0 heterocycles. The summed E-state index contributed by atoms with van der Waals surface area (Å²) in [5.41, 5.74) is 1.20. The standard InChI is InChI=1S/C8H16O2/c1-8(4-6-9-2)5-7-10-3/h1,4-7H2,2-3H3. The summed E-state index contributed by atoms with van der Waals surface area (Å²) in [4.78, 5) is 0. The number of hydrogen-bond donors (Lipinski definition) is 0. The van der Waals surface area contributed by atoms with Crippen LogP contribution in [0.15, 0.2) is 12.2 Å². The Morgan fingerprint density at radius 1 is 1.10 bits per heavy atom. The fraction of sp³-hybridized carbons (Fsp3) is 0.750. The zero-order valence-electron chi connectivity index (χ0n) is 6.85. The highest BCUT2D eigenvalue weighted by molar-refractivity contribution is 4.93. The van der Waals surface area contributed by atoms with Crippen LogP contribution in [0.2, 0.25) is 0 Å². The Morgan fingerprint density at radius 3 is 1.80 bits per heavy atom. The van der Waals surface area contributed by atoms with E-state index < -0.39 is 0 Å². The highest BCUT2D eigenvalue weighted by atomic mass is 16.5. The first kappa shape index (κ1) is 9.66. The van der Waals surface area contributed by atoms with Gasteiger partial charge in [-0.15, -0.1) is 0 Å². The summed E-state index contributed by atoms with van der Waals surface area (Å²) in [5.74, 6) is 0. The molecule has 0 rings (SSSR count). The zero-order valence-corrected chi connectivity index (χ0v) is 6.85. The van der Waals surface area contributed by atoms with Gasteiger partial charge in [-0.3, -0.25) is 0 Å². The van der Waals surface area contributed by atoms with E-state index in [2.05, 4.69) is 6.58 Å². The molecule has 10 heavy (non-hydrogen) atoms. The van der Waals surface area contributed by atoms with Gasteiger partial charge < -0.3 is 9.47 Å². The Bertz CT molecular complexity index is 79.3. The van der Waals surface area contributed by atoms with Gasteiger partial charge in [-0.05, 0) is 12.8 Å². The summed E-state index contributed by atoms with van der Waals surface area (Å²) in [5, 5.41) is 0. The summed E-state index contributed by atoms with van der Waals surface area (Å²) in [6.07, 6.45) is 1.89. The van der Waals surface area contributed by atoms with Gasteiger partial charge in [0.05, 0.1) is 0 Å². The third-order valence-corrected chi connectivity index (χ3v) is 1.32. The van der Waals surface area contributed by atoms with E-state index in [1.165, 1.54) is 5.57 Å². The SMILES string of the molecule is C=C(CCOC)CCOC. The Hall–Kier alpha value is -0.340. The highest BCUT2D eigenvalue weighted by Crippen LogP contribution is 2.02. The van der Waals surface area contributed by atoms with E-state index in [1.54, 1.807) is 14.2 Å². The molecular weight excluding hydrogens is 128 g/mol. The van der Waals surface area contributed by atoms with Crippen molar-refractivity contribution in [2.45, 2.75) is 12.8 Å². The van der Waals surface area contributed by atoms with Crippen LogP contribution in [-0.2, 0) is 9.47 Å². The van der Waals surface area contributed by atoms with Crippen LogP contribution in [-0.4, -0.2) is 27.4 Å². The first-order chi connectivity index (χ1) is 4.81. The van der Waals surface area contributed by atoms with Crippen molar-refractivity contribution in [3.8, 4) is 0 Å². The highest BCUT2D eigenvalue weighted by Gasteiger charge is 1.92. The van der Waals surface area contributed by atoms with Gasteiger partial charge in [0.1, 0.15) is 0 Å². The summed E-state index contributed by atoms with van der Waals surface area (Å²) in [7, 11) is 3.40. The largest absolute Gasteiger partial charge is 0.384 e. The lowest BCUT2D eigenvalue weighted by atomic mass is 10.2. The molecule has 60 valence electrons. The van der Waals surface area contributed by atoms with Gasteiger partial charge in [0.2, 0.25) is 0 Å². The average molecular weight is 144 g/mol. The minimum absolute atomic E-state index is 0.766. The number of hydrogen-bond acceptors (Lipinski definition) is 2. The fourth-order valence-corrected chi connectivity index (χ4v) is 0.618. The maximum absolute atomic E-state index is 4.89. The van der Waals surface area contributed by atoms with Gasteiger partial charge in [-0.25, -0.2) is 0 Å². The van der Waals surface area contributed by atoms with E-state index in [-0.39, 0.29) is 0 Å². The molecule has 0 saturated heterocycles. The maximum Gasteiger partial charge on any atom is 0.0499 e. The predicted molar refractivity (Wildman–Crippen MR) is 42.1 cm³/mol. The molecule has 0 aromatic rings. The van der Waals surface area contributed by atoms with Gasteiger partial charge in [0.25, 0.3) is 0 Å². The second-order valence-corrected chi connectivity index (χ2v) is 2.24. The van der Waals surface area contributed by atoms with E-state index in [0.717, 1.165) is 26.1 Å². The molecule has 0 aliphatic carbocycles. The third-order valence-electron chi connectivity index (χ3n) is 1.32. The lowest BCUT2D eigenvalue weighted by Gasteiger charge is -2.02. The maximum atomic E-state index is 4.89. The molecule has 0 aromatic heterocycles. The Morgan fingerprint density at radius 2 is 1.50 bits per heavy atom. The number of ether oxygens (including phenoxy) is 2. The van der Waals surface area contributed by atoms with E-state index in [9.17, 15) is 0 Å². The van der Waals surface area contributed by atoms with Gasteiger partial charge >= 0.3 is 0 Å². The second kappa shape index (κ2) is 6.78. The number of methoxy groups -OCH3 is 2. The Kier molecular flexibility index (Phi) is 6.55. The molecule has 0 amide bonds. The summed E-state index contributed by atoms with van der Waals surface area (Å²) in [6, 6.07) is 0. The first-order valence-electron chi connectivity index (χ1n) is 3.45. The van der Waals surface area contributed by atoms with Crippen LogP contribution in [0.25, 0.3) is 0 Å². The monoisotopic (exact) mass is 144 g/mol. The fourth-order valence-electron chi connectivity index (χ4n) is 0.618. The Balaban J connectivity index is 3.09. The summed E-state index contributed by atoms with van der Waals surface area (Å²) >= 11 is 0. The normalized spacial score (nSPS) is 9.80. The molecular formula is C8H16O2. The second-order valence-electron chi connectivity index (χ2n) is 2.24. The first-order valence-corrected chi connectivity index (χ1v) is 3.45. The van der Waals surface area contributed by atoms with Crippen molar-refractivity contribution in [3.05, 3.63) is 12.2 Å². The molecule has 0 fully saturated rings. The number of rotatable bonds is 6. The van der Waals surface area contributed by atoms with Crippen molar-refractivity contribution in [2.75, 3.05) is 27.4 Å². The van der Waals surface area contributed by atoms with Crippen molar-refractivity contribution in [2.24, 2.45) is 0 Å². The molecule has 2 nitrogen and oxygen atoms in total. The summed E-state index contributed by atoms with van der Waals surface area (Å²) < 4.78 is 9.78. The van der Waals surface area contributed by atoms with Crippen LogP contribution >= 0.6 is 0 Å². The third kappa shape index (κ3) is 5.79. The minimum Gasteiger partial charge on any atom is -0.384 e. The van der Waals surface area contributed by atoms with Gasteiger partial charge in [-0.1, -0.05) is 12.2 Å². The van der Waals surface area contributed by atoms with Crippen molar-refractivity contribution < 1.29 is 9.47 Å². The molecule has 0 aromatic carbocycles. The van der Waals surface area contributed by atoms with Gasteiger partial charge in [0.15, 0.2) is 0 Å². The minimum atomic E-state index is 0.766. The quantitative estimate of drug-likeness (QED) is 0.527. The molecule has 0 spiro atoms. The van der Waals surface area contributed by atoms with E-state index >= 15 is 0 Å². The van der Waals surface area contributed by atoms with Crippen molar-refractivity contribution in [3.63, 3.8) is 0 Å². The zero-order chi connectivity index (χ0) is 7.82. The van der Waals surface area contributed by atoms with Gasteiger partial charge in [-0.2, -0.15) is 0 Å². The Labute approximate surface area is 62.8 Å². The predicted octanol–water partition coefficient (Wildman–Crippen LogP) is 1.62. The van der Waals surface area contributed by atoms with E-state index in [4.69, 9.17) is 9.47 Å². The average Bonchev–Trinajstić information content (AvgIpc) is 1.97. The van der Waals surface area contributed by atoms with Crippen LogP contribution < -0.4 is 0 Å². The van der Waals surface area contributed by atoms with Crippen LogP contribution in [0.5, 0.6) is 0 Å².